The van der Waals surface area contributed by atoms with Crippen molar-refractivity contribution in [2.45, 2.75) is 10.6 Å². The second-order valence-electron chi connectivity index (χ2n) is 6.78. The Morgan fingerprint density at radius 2 is 1.97 bits per heavy atom. The first-order valence-corrected chi connectivity index (χ1v) is 11.7. The molecule has 1 atom stereocenters. The summed E-state index contributed by atoms with van der Waals surface area (Å²) in [6.07, 6.45) is -0.0779. The zero-order chi connectivity index (χ0) is 23.7. The summed E-state index contributed by atoms with van der Waals surface area (Å²) in [5.74, 6) is -1.72. The predicted octanol–water partition coefficient (Wildman–Crippen LogP) is 4.12. The van der Waals surface area contributed by atoms with Gasteiger partial charge in [-0.2, -0.15) is 0 Å². The average Bonchev–Trinajstić information content (AvgIpc) is 3.21. The van der Waals surface area contributed by atoms with Crippen LogP contribution in [0.4, 0.5) is 20.6 Å². The van der Waals surface area contributed by atoms with Gasteiger partial charge < -0.3 is 10.1 Å². The molecule has 1 aliphatic rings. The number of imide groups is 1. The molecule has 0 bridgehead atoms. The summed E-state index contributed by atoms with van der Waals surface area (Å²) in [6.45, 7) is 0. The van der Waals surface area contributed by atoms with Gasteiger partial charge in [0.05, 0.1) is 23.6 Å². The molecule has 4 rings (SSSR count). The molecule has 0 spiro atoms. The number of rotatable bonds is 5. The van der Waals surface area contributed by atoms with Crippen molar-refractivity contribution >= 4 is 63.1 Å². The Morgan fingerprint density at radius 1 is 1.18 bits per heavy atom. The third-order valence-corrected chi connectivity index (χ3v) is 7.31. The number of fused-ring (bicyclic) bond motifs is 1. The predicted molar refractivity (Wildman–Crippen MR) is 123 cm³/mol. The number of halogens is 2. The Morgan fingerprint density at radius 3 is 2.64 bits per heavy atom. The molecule has 2 aromatic carbocycles. The molecule has 170 valence electrons. The fraction of sp³-hybridized carbons (Fsp3) is 0.0952. The van der Waals surface area contributed by atoms with Crippen LogP contribution < -0.4 is 19.7 Å². The van der Waals surface area contributed by atoms with Gasteiger partial charge in [-0.15, -0.1) is 11.3 Å². The normalized spacial score (nSPS) is 14.0. The van der Waals surface area contributed by atoms with Crippen molar-refractivity contribution < 1.29 is 27.7 Å². The number of carbonyl (C=O) groups is 3. The Bertz CT molecular complexity index is 1310. The smallest absolute Gasteiger partial charge is 0.331 e. The van der Waals surface area contributed by atoms with Crippen LogP contribution in [0.25, 0.3) is 0 Å². The number of amides is 4. The molecule has 2 N–H and O–H groups in total. The minimum absolute atomic E-state index is 0.0361. The number of nitrogens with one attached hydrogen (secondary N) is 2. The van der Waals surface area contributed by atoms with Crippen LogP contribution in [0.2, 0.25) is 4.34 Å². The molecule has 0 saturated heterocycles. The highest BCUT2D eigenvalue weighted by Gasteiger charge is 2.34. The molecule has 0 fully saturated rings. The maximum atomic E-state index is 14.9. The number of hydrogen-bond donors (Lipinski definition) is 2. The van der Waals surface area contributed by atoms with E-state index in [1.807, 2.05) is 0 Å². The molecular formula is C21H15ClFN3O5S2. The number of carbonyl (C=O) groups excluding carboxylic acids is 3. The molecule has 12 heteroatoms. The second kappa shape index (κ2) is 9.30. The first kappa shape index (κ1) is 22.9. The molecule has 0 radical (unpaired) electrons. The van der Waals surface area contributed by atoms with E-state index in [-0.39, 0.29) is 23.4 Å². The number of anilines is 2. The monoisotopic (exact) mass is 507 g/mol. The summed E-state index contributed by atoms with van der Waals surface area (Å²) >= 11 is 6.83. The van der Waals surface area contributed by atoms with Crippen LogP contribution in [0.1, 0.15) is 15.9 Å². The standard InChI is InChI=1S/C21H15ClFN3O5S2/c1-31-13-4-2-11-8-18(27)26(20(28)14(11)10-13)16-5-3-12(9-15(16)23)24-21(29)25-33(30)19-7-6-17(22)32-19/h2-7,9-10H,8H2,1H3,(H2,24,25,29). The van der Waals surface area contributed by atoms with Crippen molar-refractivity contribution in [3.05, 3.63) is 69.8 Å². The summed E-state index contributed by atoms with van der Waals surface area (Å²) < 4.78 is 35.1. The van der Waals surface area contributed by atoms with E-state index < -0.39 is 34.6 Å². The summed E-state index contributed by atoms with van der Waals surface area (Å²) in [5, 5.41) is 2.36. The fourth-order valence-corrected chi connectivity index (χ4v) is 5.33. The molecule has 0 aliphatic carbocycles. The Balaban J connectivity index is 1.51. The maximum Gasteiger partial charge on any atom is 0.331 e. The minimum atomic E-state index is -1.84. The highest BCUT2D eigenvalue weighted by atomic mass is 35.5. The first-order valence-electron chi connectivity index (χ1n) is 9.35. The van der Waals surface area contributed by atoms with E-state index >= 15 is 0 Å². The zero-order valence-corrected chi connectivity index (χ0v) is 19.3. The van der Waals surface area contributed by atoms with E-state index in [4.69, 9.17) is 16.3 Å². The van der Waals surface area contributed by atoms with Gasteiger partial charge in [0.1, 0.15) is 15.8 Å². The molecular weight excluding hydrogens is 493 g/mol. The highest BCUT2D eigenvalue weighted by Crippen LogP contribution is 2.31. The van der Waals surface area contributed by atoms with Gasteiger partial charge in [0.2, 0.25) is 5.91 Å². The number of hydrogen-bond acceptors (Lipinski definition) is 6. The van der Waals surface area contributed by atoms with Gasteiger partial charge in [-0.25, -0.2) is 18.3 Å². The molecule has 2 heterocycles. The molecule has 1 aromatic heterocycles. The lowest BCUT2D eigenvalue weighted by Crippen LogP contribution is -2.43. The molecule has 0 saturated carbocycles. The van der Waals surface area contributed by atoms with Gasteiger partial charge in [-0.3, -0.25) is 14.3 Å². The van der Waals surface area contributed by atoms with Crippen molar-refractivity contribution in [2.75, 3.05) is 17.3 Å². The van der Waals surface area contributed by atoms with Crippen molar-refractivity contribution in [1.82, 2.24) is 4.72 Å². The molecule has 3 aromatic rings. The summed E-state index contributed by atoms with van der Waals surface area (Å²) in [6, 6.07) is 10.5. The van der Waals surface area contributed by atoms with E-state index in [1.54, 1.807) is 18.2 Å². The van der Waals surface area contributed by atoms with Gasteiger partial charge in [-0.05, 0) is 48.0 Å². The third-order valence-electron chi connectivity index (χ3n) is 4.70. The van der Waals surface area contributed by atoms with E-state index in [0.717, 1.165) is 22.3 Å². The van der Waals surface area contributed by atoms with E-state index in [0.29, 0.717) is 19.9 Å². The maximum absolute atomic E-state index is 14.9. The molecule has 1 aliphatic heterocycles. The largest absolute Gasteiger partial charge is 0.497 e. The lowest BCUT2D eigenvalue weighted by Gasteiger charge is -2.27. The highest BCUT2D eigenvalue weighted by molar-refractivity contribution is 7.86. The van der Waals surface area contributed by atoms with Crippen molar-refractivity contribution in [3.8, 4) is 5.75 Å². The van der Waals surface area contributed by atoms with Crippen molar-refractivity contribution in [1.29, 1.82) is 0 Å². The Kier molecular flexibility index (Phi) is 6.45. The van der Waals surface area contributed by atoms with Gasteiger partial charge >= 0.3 is 6.03 Å². The second-order valence-corrected chi connectivity index (χ2v) is 9.94. The van der Waals surface area contributed by atoms with Gasteiger partial charge in [0.15, 0.2) is 11.0 Å². The van der Waals surface area contributed by atoms with Crippen LogP contribution in [-0.4, -0.2) is 29.2 Å². The number of ether oxygens (including phenoxy) is 1. The van der Waals surface area contributed by atoms with Crippen LogP contribution in [0.5, 0.6) is 5.75 Å². The molecule has 4 amide bonds. The topological polar surface area (TPSA) is 105 Å². The number of thiophene rings is 1. The molecule has 1 unspecified atom stereocenters. The summed E-state index contributed by atoms with van der Waals surface area (Å²) in [4.78, 5) is 38.4. The van der Waals surface area contributed by atoms with Gasteiger partial charge in [0, 0.05) is 11.3 Å². The van der Waals surface area contributed by atoms with Crippen LogP contribution >= 0.6 is 22.9 Å². The number of urea groups is 1. The average molecular weight is 508 g/mol. The fourth-order valence-electron chi connectivity index (χ4n) is 3.21. The summed E-state index contributed by atoms with van der Waals surface area (Å²) in [5.41, 5.74) is 0.554. The molecule has 33 heavy (non-hydrogen) atoms. The van der Waals surface area contributed by atoms with Gasteiger partial charge in [0.25, 0.3) is 5.91 Å². The number of methoxy groups -OCH3 is 1. The Labute approximate surface area is 198 Å². The van der Waals surface area contributed by atoms with Crippen LogP contribution in [0.3, 0.4) is 0 Å². The van der Waals surface area contributed by atoms with Gasteiger partial charge in [-0.1, -0.05) is 17.7 Å². The SMILES string of the molecule is COc1ccc2c(c1)C(=O)N(c1ccc(NC(=O)NS(=O)c3ccc(Cl)s3)cc1F)C(=O)C2. The lowest BCUT2D eigenvalue weighted by atomic mass is 9.97. The van der Waals surface area contributed by atoms with E-state index in [1.165, 1.54) is 31.4 Å². The van der Waals surface area contributed by atoms with Crippen LogP contribution in [0.15, 0.2) is 52.7 Å². The lowest BCUT2D eigenvalue weighted by molar-refractivity contribution is -0.117. The quantitative estimate of drug-likeness (QED) is 0.505. The van der Waals surface area contributed by atoms with Crippen LogP contribution in [-0.2, 0) is 22.2 Å². The van der Waals surface area contributed by atoms with Crippen molar-refractivity contribution in [3.63, 3.8) is 0 Å². The summed E-state index contributed by atoms with van der Waals surface area (Å²) in [7, 11) is -0.394. The number of benzene rings is 2. The third kappa shape index (κ3) is 4.75. The Hall–Kier alpha value is -3.28. The number of nitrogens with zero attached hydrogens (tertiary/aromatic N) is 1. The zero-order valence-electron chi connectivity index (χ0n) is 16.9. The first-order chi connectivity index (χ1) is 15.8. The van der Waals surface area contributed by atoms with Crippen molar-refractivity contribution in [2.24, 2.45) is 0 Å². The van der Waals surface area contributed by atoms with E-state index in [9.17, 15) is 23.0 Å². The van der Waals surface area contributed by atoms with E-state index in [2.05, 4.69) is 10.0 Å². The molecule has 8 nitrogen and oxygen atoms in total. The minimum Gasteiger partial charge on any atom is -0.497 e. The van der Waals surface area contributed by atoms with Crippen LogP contribution in [0, 0.1) is 5.82 Å².